The van der Waals surface area contributed by atoms with Gasteiger partial charge < -0.3 is 14.5 Å². The molecule has 2 aromatic rings. The maximum absolute atomic E-state index is 11.5. The average molecular weight is 302 g/mol. The van der Waals surface area contributed by atoms with Crippen LogP contribution < -0.4 is 15.4 Å². The van der Waals surface area contributed by atoms with Crippen LogP contribution in [0.3, 0.4) is 0 Å². The van der Waals surface area contributed by atoms with Crippen LogP contribution in [-0.2, 0) is 4.79 Å². The molecular formula is C14H14N4O4. The fourth-order valence-electron chi connectivity index (χ4n) is 1.51. The van der Waals surface area contributed by atoms with Gasteiger partial charge in [0.2, 0.25) is 12.3 Å². The standard InChI is InChI=1S/C14H14N4O4/c1-2-7-15-14(20)17-12(19)8-21-11-5-3-10(4-6-11)13-18-16-9-22-13/h2-6,9H,1,7-8H2,(H2,15,17,19,20). The molecule has 0 bridgehead atoms. The molecule has 0 aliphatic carbocycles. The van der Waals surface area contributed by atoms with Gasteiger partial charge in [0.15, 0.2) is 6.61 Å². The Morgan fingerprint density at radius 3 is 2.73 bits per heavy atom. The van der Waals surface area contributed by atoms with E-state index in [0.29, 0.717) is 11.6 Å². The molecule has 0 atom stereocenters. The summed E-state index contributed by atoms with van der Waals surface area (Å²) in [6.45, 7) is 3.44. The maximum atomic E-state index is 11.5. The third-order valence-corrected chi connectivity index (χ3v) is 2.49. The SMILES string of the molecule is C=CCNC(=O)NC(=O)COc1ccc(-c2nnco2)cc1. The lowest BCUT2D eigenvalue weighted by molar-refractivity contribution is -0.122. The summed E-state index contributed by atoms with van der Waals surface area (Å²) in [5, 5.41) is 11.9. The molecular weight excluding hydrogens is 288 g/mol. The minimum atomic E-state index is -0.597. The summed E-state index contributed by atoms with van der Waals surface area (Å²) in [7, 11) is 0. The summed E-state index contributed by atoms with van der Waals surface area (Å²) in [6, 6.07) is 6.16. The predicted molar refractivity (Wildman–Crippen MR) is 77.0 cm³/mol. The number of nitrogens with one attached hydrogen (secondary N) is 2. The molecule has 0 aliphatic heterocycles. The van der Waals surface area contributed by atoms with E-state index in [0.717, 1.165) is 5.56 Å². The second-order valence-corrected chi connectivity index (χ2v) is 4.10. The Bertz CT molecular complexity index is 637. The Kier molecular flexibility index (Phi) is 5.25. The normalized spacial score (nSPS) is 9.82. The van der Waals surface area contributed by atoms with Gasteiger partial charge in [-0.1, -0.05) is 6.08 Å². The van der Waals surface area contributed by atoms with Crippen LogP contribution in [0.4, 0.5) is 4.79 Å². The molecule has 1 aromatic heterocycles. The number of ether oxygens (including phenoxy) is 1. The molecule has 2 rings (SSSR count). The maximum Gasteiger partial charge on any atom is 0.321 e. The van der Waals surface area contributed by atoms with Gasteiger partial charge in [-0.05, 0) is 24.3 Å². The minimum Gasteiger partial charge on any atom is -0.484 e. The molecule has 1 heterocycles. The van der Waals surface area contributed by atoms with E-state index in [1.807, 2.05) is 0 Å². The first kappa shape index (κ1) is 15.2. The molecule has 22 heavy (non-hydrogen) atoms. The van der Waals surface area contributed by atoms with Crippen LogP contribution in [0.25, 0.3) is 11.5 Å². The van der Waals surface area contributed by atoms with E-state index >= 15 is 0 Å². The second-order valence-electron chi connectivity index (χ2n) is 4.10. The number of nitrogens with zero attached hydrogens (tertiary/aromatic N) is 2. The Morgan fingerprint density at radius 2 is 2.09 bits per heavy atom. The van der Waals surface area contributed by atoms with Crippen molar-refractivity contribution in [2.45, 2.75) is 0 Å². The number of hydrogen-bond donors (Lipinski definition) is 2. The molecule has 8 nitrogen and oxygen atoms in total. The van der Waals surface area contributed by atoms with E-state index in [9.17, 15) is 9.59 Å². The van der Waals surface area contributed by atoms with Gasteiger partial charge in [0.1, 0.15) is 5.75 Å². The molecule has 2 N–H and O–H groups in total. The van der Waals surface area contributed by atoms with Crippen LogP contribution in [0.15, 0.2) is 47.7 Å². The number of urea groups is 1. The van der Waals surface area contributed by atoms with Crippen molar-refractivity contribution in [2.75, 3.05) is 13.2 Å². The predicted octanol–water partition coefficient (Wildman–Crippen LogP) is 1.13. The van der Waals surface area contributed by atoms with Crippen molar-refractivity contribution in [2.24, 2.45) is 0 Å². The lowest BCUT2D eigenvalue weighted by Gasteiger charge is -2.07. The van der Waals surface area contributed by atoms with Gasteiger partial charge in [0, 0.05) is 12.1 Å². The lowest BCUT2D eigenvalue weighted by atomic mass is 10.2. The van der Waals surface area contributed by atoms with E-state index in [4.69, 9.17) is 9.15 Å². The molecule has 3 amide bonds. The summed E-state index contributed by atoms with van der Waals surface area (Å²) in [6.07, 6.45) is 2.74. The number of rotatable bonds is 6. The topological polar surface area (TPSA) is 106 Å². The quantitative estimate of drug-likeness (QED) is 0.775. The third kappa shape index (κ3) is 4.44. The van der Waals surface area contributed by atoms with Gasteiger partial charge in [0.05, 0.1) is 0 Å². The summed E-state index contributed by atoms with van der Waals surface area (Å²) in [5.74, 6) is 0.315. The number of carbonyl (C=O) groups excluding carboxylic acids is 2. The lowest BCUT2D eigenvalue weighted by Crippen LogP contribution is -2.41. The molecule has 0 radical (unpaired) electrons. The van der Waals surface area contributed by atoms with E-state index in [2.05, 4.69) is 27.4 Å². The number of benzene rings is 1. The van der Waals surface area contributed by atoms with Gasteiger partial charge >= 0.3 is 6.03 Å². The molecule has 0 unspecified atom stereocenters. The first-order valence-corrected chi connectivity index (χ1v) is 6.37. The van der Waals surface area contributed by atoms with Crippen molar-refractivity contribution in [1.29, 1.82) is 0 Å². The van der Waals surface area contributed by atoms with Gasteiger partial charge in [-0.2, -0.15) is 0 Å². The molecule has 8 heteroatoms. The van der Waals surface area contributed by atoms with Gasteiger partial charge in [-0.15, -0.1) is 16.8 Å². The monoisotopic (exact) mass is 302 g/mol. The number of imide groups is 1. The van der Waals surface area contributed by atoms with Crippen LogP contribution in [0, 0.1) is 0 Å². The van der Waals surface area contributed by atoms with Crippen LogP contribution in [0.2, 0.25) is 0 Å². The summed E-state index contributed by atoms with van der Waals surface area (Å²) in [4.78, 5) is 22.7. The Morgan fingerprint density at radius 1 is 1.32 bits per heavy atom. The van der Waals surface area contributed by atoms with Crippen molar-refractivity contribution in [3.63, 3.8) is 0 Å². The highest BCUT2D eigenvalue weighted by atomic mass is 16.5. The van der Waals surface area contributed by atoms with Gasteiger partial charge in [0.25, 0.3) is 5.91 Å². The first-order valence-electron chi connectivity index (χ1n) is 6.37. The van der Waals surface area contributed by atoms with Crippen LogP contribution >= 0.6 is 0 Å². The fraction of sp³-hybridized carbons (Fsp3) is 0.143. The first-order chi connectivity index (χ1) is 10.7. The molecule has 0 saturated heterocycles. The van der Waals surface area contributed by atoms with Crippen molar-refractivity contribution >= 4 is 11.9 Å². The molecule has 0 spiro atoms. The van der Waals surface area contributed by atoms with E-state index < -0.39 is 11.9 Å². The highest BCUT2D eigenvalue weighted by Gasteiger charge is 2.08. The van der Waals surface area contributed by atoms with Crippen molar-refractivity contribution in [3.05, 3.63) is 43.3 Å². The summed E-state index contributed by atoms with van der Waals surface area (Å²) < 4.78 is 10.3. The largest absolute Gasteiger partial charge is 0.484 e. The number of aromatic nitrogens is 2. The van der Waals surface area contributed by atoms with Gasteiger partial charge in [-0.3, -0.25) is 10.1 Å². The molecule has 114 valence electrons. The van der Waals surface area contributed by atoms with E-state index in [-0.39, 0.29) is 13.2 Å². The smallest absolute Gasteiger partial charge is 0.321 e. The molecule has 0 fully saturated rings. The Balaban J connectivity index is 1.80. The number of carbonyl (C=O) groups is 2. The summed E-state index contributed by atoms with van der Waals surface area (Å²) in [5.41, 5.74) is 0.734. The Labute approximate surface area is 126 Å². The zero-order valence-electron chi connectivity index (χ0n) is 11.6. The van der Waals surface area contributed by atoms with E-state index in [1.165, 1.54) is 12.5 Å². The summed E-state index contributed by atoms with van der Waals surface area (Å²) >= 11 is 0. The molecule has 1 aromatic carbocycles. The highest BCUT2D eigenvalue weighted by Crippen LogP contribution is 2.19. The zero-order valence-corrected chi connectivity index (χ0v) is 11.6. The van der Waals surface area contributed by atoms with Crippen LogP contribution in [0.1, 0.15) is 0 Å². The van der Waals surface area contributed by atoms with Crippen molar-refractivity contribution in [3.8, 4) is 17.2 Å². The van der Waals surface area contributed by atoms with Crippen molar-refractivity contribution < 1.29 is 18.7 Å². The zero-order chi connectivity index (χ0) is 15.8. The Hall–Kier alpha value is -3.16. The highest BCUT2D eigenvalue weighted by molar-refractivity contribution is 5.95. The number of amides is 3. The van der Waals surface area contributed by atoms with Crippen molar-refractivity contribution in [1.82, 2.24) is 20.8 Å². The van der Waals surface area contributed by atoms with Gasteiger partial charge in [-0.25, -0.2) is 4.79 Å². The molecule has 0 saturated carbocycles. The second kappa shape index (κ2) is 7.58. The third-order valence-electron chi connectivity index (χ3n) is 2.49. The van der Waals surface area contributed by atoms with Crippen LogP contribution in [-0.4, -0.2) is 35.3 Å². The fourth-order valence-corrected chi connectivity index (χ4v) is 1.51. The van der Waals surface area contributed by atoms with Crippen LogP contribution in [0.5, 0.6) is 5.75 Å². The minimum absolute atomic E-state index is 0.275. The van der Waals surface area contributed by atoms with E-state index in [1.54, 1.807) is 24.3 Å². The average Bonchev–Trinajstić information content (AvgIpc) is 3.06. The molecule has 0 aliphatic rings. The number of hydrogen-bond acceptors (Lipinski definition) is 6.